The van der Waals surface area contributed by atoms with E-state index < -0.39 is 12.0 Å². The Kier molecular flexibility index (Phi) is 6.36. The predicted molar refractivity (Wildman–Crippen MR) is 103 cm³/mol. The standard InChI is InChI=1S/C19H25ClN4O3/c1-3-23-8-10-24(11-9-23)12-15-16(18(25)27-2)17(22-19(26)21-15)13-6-4-5-7-14(13)20/h4-7,17H,3,8-12H2,1-2H3,(H2,21,22,26). The van der Waals surface area contributed by atoms with Crippen LogP contribution in [0, 0.1) is 0 Å². The molecule has 1 saturated heterocycles. The van der Waals surface area contributed by atoms with Crippen LogP contribution in [0.4, 0.5) is 4.79 Å². The van der Waals surface area contributed by atoms with Crippen molar-refractivity contribution < 1.29 is 14.3 Å². The number of likely N-dealkylation sites (N-methyl/N-ethyl adjacent to an activating group) is 1. The number of benzene rings is 1. The van der Waals surface area contributed by atoms with Crippen LogP contribution in [0.5, 0.6) is 0 Å². The summed E-state index contributed by atoms with van der Waals surface area (Å²) >= 11 is 6.33. The zero-order valence-corrected chi connectivity index (χ0v) is 16.4. The molecule has 3 rings (SSSR count). The summed E-state index contributed by atoms with van der Waals surface area (Å²) < 4.78 is 5.01. The molecule has 7 nitrogen and oxygen atoms in total. The van der Waals surface area contributed by atoms with E-state index in [1.807, 2.05) is 12.1 Å². The molecule has 8 heteroatoms. The maximum absolute atomic E-state index is 12.6. The van der Waals surface area contributed by atoms with E-state index in [4.69, 9.17) is 16.3 Å². The summed E-state index contributed by atoms with van der Waals surface area (Å²) in [7, 11) is 1.34. The van der Waals surface area contributed by atoms with E-state index in [9.17, 15) is 9.59 Å². The molecule has 1 fully saturated rings. The van der Waals surface area contributed by atoms with Crippen LogP contribution in [0.1, 0.15) is 18.5 Å². The molecular formula is C19H25ClN4O3. The Morgan fingerprint density at radius 2 is 1.89 bits per heavy atom. The second kappa shape index (κ2) is 8.73. The summed E-state index contributed by atoms with van der Waals surface area (Å²) in [5.41, 5.74) is 1.63. The van der Waals surface area contributed by atoms with Gasteiger partial charge in [0.05, 0.1) is 18.7 Å². The number of piperazine rings is 1. The van der Waals surface area contributed by atoms with Crippen molar-refractivity contribution in [3.8, 4) is 0 Å². The highest BCUT2D eigenvalue weighted by Crippen LogP contribution is 2.32. The smallest absolute Gasteiger partial charge is 0.338 e. The molecule has 0 radical (unpaired) electrons. The molecule has 1 aromatic carbocycles. The molecular weight excluding hydrogens is 368 g/mol. The van der Waals surface area contributed by atoms with E-state index >= 15 is 0 Å². The van der Waals surface area contributed by atoms with Crippen molar-refractivity contribution in [2.45, 2.75) is 13.0 Å². The fourth-order valence-electron chi connectivity index (χ4n) is 3.52. The molecule has 0 aromatic heterocycles. The number of carbonyl (C=O) groups is 2. The minimum absolute atomic E-state index is 0.352. The van der Waals surface area contributed by atoms with Gasteiger partial charge in [-0.25, -0.2) is 9.59 Å². The van der Waals surface area contributed by atoms with Gasteiger partial charge in [0.25, 0.3) is 0 Å². The van der Waals surface area contributed by atoms with Crippen LogP contribution >= 0.6 is 11.6 Å². The van der Waals surface area contributed by atoms with E-state index in [1.54, 1.807) is 12.1 Å². The molecule has 0 spiro atoms. The van der Waals surface area contributed by atoms with Crippen molar-refractivity contribution in [3.05, 3.63) is 46.1 Å². The minimum Gasteiger partial charge on any atom is -0.466 e. The second-order valence-corrected chi connectivity index (χ2v) is 7.05. The number of urea groups is 1. The Bertz CT molecular complexity index is 744. The van der Waals surface area contributed by atoms with Crippen LogP contribution in [0.15, 0.2) is 35.5 Å². The Morgan fingerprint density at radius 3 is 2.52 bits per heavy atom. The van der Waals surface area contributed by atoms with Crippen molar-refractivity contribution in [3.63, 3.8) is 0 Å². The van der Waals surface area contributed by atoms with Crippen molar-refractivity contribution in [1.29, 1.82) is 0 Å². The average Bonchev–Trinajstić information content (AvgIpc) is 2.68. The van der Waals surface area contributed by atoms with Crippen LogP contribution in [0.2, 0.25) is 5.02 Å². The molecule has 0 bridgehead atoms. The molecule has 2 heterocycles. The first-order valence-electron chi connectivity index (χ1n) is 9.11. The van der Waals surface area contributed by atoms with Crippen LogP contribution in [0.25, 0.3) is 0 Å². The maximum Gasteiger partial charge on any atom is 0.338 e. The lowest BCUT2D eigenvalue weighted by Gasteiger charge is -2.36. The molecule has 1 unspecified atom stereocenters. The van der Waals surface area contributed by atoms with Gasteiger partial charge in [0.1, 0.15) is 0 Å². The van der Waals surface area contributed by atoms with E-state index in [0.717, 1.165) is 32.7 Å². The van der Waals surface area contributed by atoms with Crippen molar-refractivity contribution in [1.82, 2.24) is 20.4 Å². The summed E-state index contributed by atoms with van der Waals surface area (Å²) in [4.78, 5) is 29.5. The molecule has 27 heavy (non-hydrogen) atoms. The van der Waals surface area contributed by atoms with Gasteiger partial charge in [-0.3, -0.25) is 4.90 Å². The van der Waals surface area contributed by atoms with Crippen LogP contribution < -0.4 is 10.6 Å². The molecule has 2 aliphatic rings. The summed E-state index contributed by atoms with van der Waals surface area (Å²) in [5.74, 6) is -0.477. The van der Waals surface area contributed by atoms with Gasteiger partial charge in [-0.1, -0.05) is 36.7 Å². The van der Waals surface area contributed by atoms with E-state index in [2.05, 4.69) is 27.4 Å². The third-order valence-electron chi connectivity index (χ3n) is 5.07. The summed E-state index contributed by atoms with van der Waals surface area (Å²) in [6.45, 7) is 7.36. The first kappa shape index (κ1) is 19.7. The molecule has 146 valence electrons. The number of hydrogen-bond donors (Lipinski definition) is 2. The lowest BCUT2D eigenvalue weighted by atomic mass is 9.95. The first-order valence-corrected chi connectivity index (χ1v) is 9.49. The highest BCUT2D eigenvalue weighted by Gasteiger charge is 2.35. The molecule has 1 aromatic rings. The highest BCUT2D eigenvalue weighted by atomic mass is 35.5. The van der Waals surface area contributed by atoms with Gasteiger partial charge in [-0.05, 0) is 18.2 Å². The Hall–Kier alpha value is -2.09. The van der Waals surface area contributed by atoms with Gasteiger partial charge in [0.15, 0.2) is 0 Å². The van der Waals surface area contributed by atoms with Gasteiger partial charge < -0.3 is 20.3 Å². The number of nitrogens with one attached hydrogen (secondary N) is 2. The number of carbonyl (C=O) groups excluding carboxylic acids is 2. The second-order valence-electron chi connectivity index (χ2n) is 6.65. The Balaban J connectivity index is 1.92. The fraction of sp³-hybridized carbons (Fsp3) is 0.474. The zero-order valence-electron chi connectivity index (χ0n) is 15.6. The number of amides is 2. The van der Waals surface area contributed by atoms with Gasteiger partial charge >= 0.3 is 12.0 Å². The Morgan fingerprint density at radius 1 is 1.22 bits per heavy atom. The number of methoxy groups -OCH3 is 1. The average molecular weight is 393 g/mol. The predicted octanol–water partition coefficient (Wildman–Crippen LogP) is 1.76. The maximum atomic E-state index is 12.6. The minimum atomic E-state index is -0.646. The monoisotopic (exact) mass is 392 g/mol. The van der Waals surface area contributed by atoms with Gasteiger partial charge in [-0.2, -0.15) is 0 Å². The van der Waals surface area contributed by atoms with Crippen molar-refractivity contribution >= 4 is 23.6 Å². The third-order valence-corrected chi connectivity index (χ3v) is 5.41. The van der Waals surface area contributed by atoms with Crippen molar-refractivity contribution in [2.24, 2.45) is 0 Å². The largest absolute Gasteiger partial charge is 0.466 e. The zero-order chi connectivity index (χ0) is 19.4. The number of nitrogens with zero attached hydrogens (tertiary/aromatic N) is 2. The number of esters is 1. The molecule has 2 amide bonds. The molecule has 0 saturated carbocycles. The molecule has 2 aliphatic heterocycles. The van der Waals surface area contributed by atoms with Gasteiger partial charge in [-0.15, -0.1) is 0 Å². The molecule has 1 atom stereocenters. The van der Waals surface area contributed by atoms with E-state index in [-0.39, 0.29) is 6.03 Å². The Labute approximate surface area is 164 Å². The number of ether oxygens (including phenoxy) is 1. The number of hydrogen-bond acceptors (Lipinski definition) is 5. The third kappa shape index (κ3) is 4.43. The normalized spacial score (nSPS) is 21.6. The van der Waals surface area contributed by atoms with Crippen LogP contribution in [-0.2, 0) is 9.53 Å². The van der Waals surface area contributed by atoms with E-state index in [1.165, 1.54) is 7.11 Å². The SMILES string of the molecule is CCN1CCN(CC2=C(C(=O)OC)C(c3ccccc3Cl)NC(=O)N2)CC1. The van der Waals surface area contributed by atoms with Crippen LogP contribution in [0.3, 0.4) is 0 Å². The highest BCUT2D eigenvalue weighted by molar-refractivity contribution is 6.31. The summed E-state index contributed by atoms with van der Waals surface area (Å²) in [6.07, 6.45) is 0. The van der Waals surface area contributed by atoms with Gasteiger partial charge in [0, 0.05) is 43.4 Å². The summed E-state index contributed by atoms with van der Waals surface area (Å²) in [5, 5.41) is 6.09. The van der Waals surface area contributed by atoms with Crippen molar-refractivity contribution in [2.75, 3.05) is 46.4 Å². The molecule has 0 aliphatic carbocycles. The first-order chi connectivity index (χ1) is 13.0. The molecule has 2 N–H and O–H groups in total. The number of rotatable bonds is 5. The topological polar surface area (TPSA) is 73.9 Å². The lowest BCUT2D eigenvalue weighted by Crippen LogP contribution is -2.51. The van der Waals surface area contributed by atoms with Crippen LogP contribution in [-0.4, -0.2) is 68.2 Å². The van der Waals surface area contributed by atoms with Gasteiger partial charge in [0.2, 0.25) is 0 Å². The quantitative estimate of drug-likeness (QED) is 0.747. The lowest BCUT2D eigenvalue weighted by molar-refractivity contribution is -0.136. The summed E-state index contributed by atoms with van der Waals surface area (Å²) in [6, 6.07) is 6.18. The number of halogens is 1. The van der Waals surface area contributed by atoms with E-state index in [0.29, 0.717) is 28.4 Å². The fourth-order valence-corrected chi connectivity index (χ4v) is 3.77.